The highest BCUT2D eigenvalue weighted by Crippen LogP contribution is 2.19. The van der Waals surface area contributed by atoms with Crippen molar-refractivity contribution in [3.63, 3.8) is 0 Å². The minimum Gasteiger partial charge on any atom is -0.444 e. The number of nitrogens with one attached hydrogen (secondary N) is 1. The van der Waals surface area contributed by atoms with Crippen LogP contribution >= 0.6 is 11.3 Å². The van der Waals surface area contributed by atoms with Gasteiger partial charge < -0.3 is 9.47 Å². The van der Waals surface area contributed by atoms with E-state index in [-0.39, 0.29) is 6.10 Å². The topological polar surface area (TPSA) is 60.5 Å². The standard InChI is InChI=1S/C15H22N2O3S/c1-15(2,3)20-14(18)17-13-16-11(10-21-13)7-8-12-6-4-5-9-19-12/h7-8,10,12H,4-6,9H2,1-3H3,(H,16,17,18). The number of anilines is 1. The van der Waals surface area contributed by atoms with Gasteiger partial charge in [-0.1, -0.05) is 6.08 Å². The molecule has 0 bridgehead atoms. The van der Waals surface area contributed by atoms with Crippen LogP contribution in [0.5, 0.6) is 0 Å². The molecule has 0 aromatic carbocycles. The lowest BCUT2D eigenvalue weighted by molar-refractivity contribution is 0.0471. The minimum atomic E-state index is -0.512. The third kappa shape index (κ3) is 5.85. The van der Waals surface area contributed by atoms with Crippen molar-refractivity contribution in [1.29, 1.82) is 0 Å². The molecule has 1 atom stereocenters. The number of ether oxygens (including phenoxy) is 2. The van der Waals surface area contributed by atoms with Crippen molar-refractivity contribution in [1.82, 2.24) is 4.98 Å². The Bertz CT molecular complexity index is 499. The first-order chi connectivity index (χ1) is 9.92. The van der Waals surface area contributed by atoms with Gasteiger partial charge in [0.25, 0.3) is 0 Å². The van der Waals surface area contributed by atoms with Gasteiger partial charge in [-0.25, -0.2) is 9.78 Å². The van der Waals surface area contributed by atoms with Gasteiger partial charge in [-0.3, -0.25) is 5.32 Å². The van der Waals surface area contributed by atoms with Crippen molar-refractivity contribution in [2.75, 3.05) is 11.9 Å². The molecule has 21 heavy (non-hydrogen) atoms. The second-order valence-corrected chi connectivity index (χ2v) is 6.83. The molecule has 0 saturated carbocycles. The highest BCUT2D eigenvalue weighted by Gasteiger charge is 2.17. The third-order valence-electron chi connectivity index (χ3n) is 2.83. The van der Waals surface area contributed by atoms with Crippen LogP contribution in [-0.4, -0.2) is 29.4 Å². The second kappa shape index (κ2) is 7.04. The summed E-state index contributed by atoms with van der Waals surface area (Å²) >= 11 is 1.38. The SMILES string of the molecule is CC(C)(C)OC(=O)Nc1nc(C=CC2CCCCO2)cs1. The van der Waals surface area contributed by atoms with Crippen LogP contribution in [0.3, 0.4) is 0 Å². The largest absolute Gasteiger partial charge is 0.444 e. The maximum absolute atomic E-state index is 11.6. The maximum atomic E-state index is 11.6. The fourth-order valence-electron chi connectivity index (χ4n) is 1.93. The van der Waals surface area contributed by atoms with Crippen LogP contribution in [0.15, 0.2) is 11.5 Å². The van der Waals surface area contributed by atoms with Crippen LogP contribution in [0.1, 0.15) is 45.7 Å². The zero-order chi connectivity index (χ0) is 15.3. The van der Waals surface area contributed by atoms with Gasteiger partial charge in [-0.15, -0.1) is 11.3 Å². The molecule has 1 aliphatic heterocycles. The van der Waals surface area contributed by atoms with Gasteiger partial charge in [0.2, 0.25) is 0 Å². The average molecular weight is 310 g/mol. The first-order valence-corrected chi connectivity index (χ1v) is 8.06. The van der Waals surface area contributed by atoms with Crippen molar-refractivity contribution in [2.45, 2.75) is 51.7 Å². The Morgan fingerprint density at radius 1 is 1.52 bits per heavy atom. The predicted octanol–water partition coefficient (Wildman–Crippen LogP) is 4.07. The van der Waals surface area contributed by atoms with Crippen LogP contribution in [0.25, 0.3) is 6.08 Å². The molecule has 1 fully saturated rings. The van der Waals surface area contributed by atoms with E-state index in [1.165, 1.54) is 17.8 Å². The number of nitrogens with zero attached hydrogens (tertiary/aromatic N) is 1. The van der Waals surface area contributed by atoms with E-state index in [0.717, 1.165) is 25.1 Å². The number of hydrogen-bond donors (Lipinski definition) is 1. The molecule has 2 heterocycles. The van der Waals surface area contributed by atoms with E-state index in [1.807, 2.05) is 38.3 Å². The summed E-state index contributed by atoms with van der Waals surface area (Å²) in [6.45, 7) is 6.31. The van der Waals surface area contributed by atoms with Crippen molar-refractivity contribution < 1.29 is 14.3 Å². The lowest BCUT2D eigenvalue weighted by atomic mass is 10.1. The molecule has 1 aromatic rings. The molecule has 1 unspecified atom stereocenters. The molecule has 1 N–H and O–H groups in total. The Hall–Kier alpha value is -1.40. The van der Waals surface area contributed by atoms with E-state index < -0.39 is 11.7 Å². The third-order valence-corrected chi connectivity index (χ3v) is 3.60. The number of aromatic nitrogens is 1. The summed E-state index contributed by atoms with van der Waals surface area (Å²) in [5.41, 5.74) is 0.308. The summed E-state index contributed by atoms with van der Waals surface area (Å²) in [5, 5.41) is 5.07. The summed E-state index contributed by atoms with van der Waals surface area (Å²) in [4.78, 5) is 16.0. The van der Waals surface area contributed by atoms with Crippen LogP contribution in [0, 0.1) is 0 Å². The monoisotopic (exact) mass is 310 g/mol. The van der Waals surface area contributed by atoms with Gasteiger partial charge in [-0.05, 0) is 46.1 Å². The molecule has 0 aliphatic carbocycles. The van der Waals surface area contributed by atoms with Gasteiger partial charge in [-0.2, -0.15) is 0 Å². The molecule has 1 aliphatic rings. The molecule has 5 nitrogen and oxygen atoms in total. The van der Waals surface area contributed by atoms with Gasteiger partial charge in [0.15, 0.2) is 5.13 Å². The molecule has 1 saturated heterocycles. The number of rotatable bonds is 3. The Kier molecular flexibility index (Phi) is 5.36. The van der Waals surface area contributed by atoms with Crippen molar-refractivity contribution in [2.24, 2.45) is 0 Å². The van der Waals surface area contributed by atoms with E-state index in [9.17, 15) is 4.79 Å². The maximum Gasteiger partial charge on any atom is 0.413 e. The van der Waals surface area contributed by atoms with E-state index in [0.29, 0.717) is 5.13 Å². The normalized spacial score (nSPS) is 19.7. The van der Waals surface area contributed by atoms with Gasteiger partial charge >= 0.3 is 6.09 Å². The molecule has 1 aromatic heterocycles. The molecule has 116 valence electrons. The van der Waals surface area contributed by atoms with Crippen molar-refractivity contribution in [3.8, 4) is 0 Å². The minimum absolute atomic E-state index is 0.183. The number of hydrogen-bond acceptors (Lipinski definition) is 5. The molecule has 0 radical (unpaired) electrons. The predicted molar refractivity (Wildman–Crippen MR) is 84.6 cm³/mol. The molecule has 2 rings (SSSR count). The second-order valence-electron chi connectivity index (χ2n) is 5.97. The Balaban J connectivity index is 1.86. The van der Waals surface area contributed by atoms with Crippen molar-refractivity contribution >= 4 is 28.6 Å². The number of carbonyl (C=O) groups excluding carboxylic acids is 1. The number of thiazole rings is 1. The lowest BCUT2D eigenvalue weighted by Crippen LogP contribution is -2.27. The van der Waals surface area contributed by atoms with Crippen LogP contribution in [-0.2, 0) is 9.47 Å². The average Bonchev–Trinajstić information content (AvgIpc) is 2.83. The van der Waals surface area contributed by atoms with Crippen LogP contribution in [0.2, 0.25) is 0 Å². The van der Waals surface area contributed by atoms with Crippen LogP contribution in [0.4, 0.5) is 9.93 Å². The molecular weight excluding hydrogens is 288 g/mol. The zero-order valence-corrected chi connectivity index (χ0v) is 13.5. The Morgan fingerprint density at radius 3 is 3.00 bits per heavy atom. The highest BCUT2D eigenvalue weighted by molar-refractivity contribution is 7.14. The summed E-state index contributed by atoms with van der Waals surface area (Å²) in [6, 6.07) is 0. The van der Waals surface area contributed by atoms with Crippen LogP contribution < -0.4 is 5.32 Å². The van der Waals surface area contributed by atoms with Gasteiger partial charge in [0.1, 0.15) is 5.60 Å². The molecule has 6 heteroatoms. The first-order valence-electron chi connectivity index (χ1n) is 7.18. The van der Waals surface area contributed by atoms with Crippen molar-refractivity contribution in [3.05, 3.63) is 17.2 Å². The molecular formula is C15H22N2O3S. The van der Waals surface area contributed by atoms with E-state index >= 15 is 0 Å². The smallest absolute Gasteiger partial charge is 0.413 e. The quantitative estimate of drug-likeness (QED) is 0.914. The fourth-order valence-corrected chi connectivity index (χ4v) is 2.60. The van der Waals surface area contributed by atoms with E-state index in [1.54, 1.807) is 0 Å². The first kappa shape index (κ1) is 16.0. The molecule has 0 spiro atoms. The number of carbonyl (C=O) groups is 1. The summed E-state index contributed by atoms with van der Waals surface area (Å²) in [6.07, 6.45) is 7.08. The van der Waals surface area contributed by atoms with E-state index in [4.69, 9.17) is 9.47 Å². The highest BCUT2D eigenvalue weighted by atomic mass is 32.1. The summed E-state index contributed by atoms with van der Waals surface area (Å²) in [7, 11) is 0. The Morgan fingerprint density at radius 2 is 2.33 bits per heavy atom. The lowest BCUT2D eigenvalue weighted by Gasteiger charge is -2.19. The Labute approximate surface area is 129 Å². The fraction of sp³-hybridized carbons (Fsp3) is 0.600. The molecule has 1 amide bonds. The summed E-state index contributed by atoms with van der Waals surface area (Å²) < 4.78 is 10.8. The number of amides is 1. The van der Waals surface area contributed by atoms with Gasteiger partial charge in [0, 0.05) is 12.0 Å². The zero-order valence-electron chi connectivity index (χ0n) is 12.7. The van der Waals surface area contributed by atoms with Gasteiger partial charge in [0.05, 0.1) is 11.8 Å². The summed E-state index contributed by atoms with van der Waals surface area (Å²) in [5.74, 6) is 0. The van der Waals surface area contributed by atoms with E-state index in [2.05, 4.69) is 10.3 Å².